The van der Waals surface area contributed by atoms with Gasteiger partial charge < -0.3 is 15.4 Å². The molecule has 2 N–H and O–H groups in total. The van der Waals surface area contributed by atoms with Crippen LogP contribution in [-0.4, -0.2) is 48.5 Å². The first-order valence-corrected chi connectivity index (χ1v) is 6.92. The molecule has 1 fully saturated rings. The van der Waals surface area contributed by atoms with Gasteiger partial charge in [-0.2, -0.15) is 0 Å². The molecule has 0 saturated carbocycles. The molecule has 8 heteroatoms. The molecule has 0 spiro atoms. The molecule has 22 heavy (non-hydrogen) atoms. The molecule has 1 aliphatic heterocycles. The summed E-state index contributed by atoms with van der Waals surface area (Å²) >= 11 is 5.82. The van der Waals surface area contributed by atoms with E-state index in [0.717, 1.165) is 4.90 Å². The van der Waals surface area contributed by atoms with Crippen LogP contribution in [0.1, 0.15) is 6.92 Å². The lowest BCUT2D eigenvalue weighted by Gasteiger charge is -2.20. The molecule has 0 aromatic heterocycles. The summed E-state index contributed by atoms with van der Waals surface area (Å²) < 4.78 is 4.93. The van der Waals surface area contributed by atoms with Crippen LogP contribution in [0.15, 0.2) is 24.3 Å². The summed E-state index contributed by atoms with van der Waals surface area (Å²) in [5, 5.41) is 5.57. The quantitative estimate of drug-likeness (QED) is 0.797. The summed E-state index contributed by atoms with van der Waals surface area (Å²) in [7, 11) is 1.43. The highest BCUT2D eigenvalue weighted by Gasteiger charge is 2.48. The van der Waals surface area contributed by atoms with E-state index >= 15 is 0 Å². The molecule has 1 aromatic rings. The summed E-state index contributed by atoms with van der Waals surface area (Å²) in [6, 6.07) is 5.96. The maximum absolute atomic E-state index is 12.2. The number of urea groups is 1. The minimum atomic E-state index is -1.15. The molecular formula is C14H16ClN3O4. The van der Waals surface area contributed by atoms with Crippen LogP contribution >= 0.6 is 11.6 Å². The fourth-order valence-electron chi connectivity index (χ4n) is 2.19. The molecule has 7 nitrogen and oxygen atoms in total. The van der Waals surface area contributed by atoms with E-state index in [-0.39, 0.29) is 13.2 Å². The Hall–Kier alpha value is -2.12. The third-order valence-corrected chi connectivity index (χ3v) is 3.42. The number of halogens is 1. The monoisotopic (exact) mass is 325 g/mol. The second-order valence-corrected chi connectivity index (χ2v) is 5.58. The average Bonchev–Trinajstić information content (AvgIpc) is 2.63. The van der Waals surface area contributed by atoms with Gasteiger partial charge in [0, 0.05) is 17.8 Å². The number of nitrogens with one attached hydrogen (secondary N) is 2. The Bertz CT molecular complexity index is 622. The highest BCUT2D eigenvalue weighted by atomic mass is 35.5. The van der Waals surface area contributed by atoms with Gasteiger partial charge in [-0.05, 0) is 25.1 Å². The van der Waals surface area contributed by atoms with Crippen LogP contribution in [-0.2, 0) is 14.3 Å². The molecule has 1 saturated heterocycles. The van der Waals surface area contributed by atoms with Crippen LogP contribution < -0.4 is 10.6 Å². The number of benzene rings is 1. The first kappa shape index (κ1) is 16.3. The Balaban J connectivity index is 2.02. The van der Waals surface area contributed by atoms with Crippen LogP contribution in [0.2, 0.25) is 5.02 Å². The van der Waals surface area contributed by atoms with Crippen LogP contribution in [0, 0.1) is 0 Å². The zero-order valence-corrected chi connectivity index (χ0v) is 12.9. The summed E-state index contributed by atoms with van der Waals surface area (Å²) in [6.45, 7) is 1.20. The summed E-state index contributed by atoms with van der Waals surface area (Å²) in [4.78, 5) is 36.9. The van der Waals surface area contributed by atoms with Gasteiger partial charge in [-0.3, -0.25) is 14.5 Å². The molecule has 118 valence electrons. The van der Waals surface area contributed by atoms with Crippen molar-refractivity contribution in [3.05, 3.63) is 29.3 Å². The molecule has 1 aliphatic rings. The number of amides is 4. The van der Waals surface area contributed by atoms with Crippen molar-refractivity contribution in [1.82, 2.24) is 10.2 Å². The van der Waals surface area contributed by atoms with Gasteiger partial charge in [0.05, 0.1) is 6.61 Å². The normalized spacial score (nSPS) is 21.0. The minimum absolute atomic E-state index is 0.0317. The maximum atomic E-state index is 12.2. The van der Waals surface area contributed by atoms with E-state index in [2.05, 4.69) is 10.6 Å². The van der Waals surface area contributed by atoms with E-state index in [1.54, 1.807) is 31.2 Å². The Labute approximate surface area is 132 Å². The van der Waals surface area contributed by atoms with E-state index in [9.17, 15) is 14.4 Å². The van der Waals surface area contributed by atoms with Crippen LogP contribution in [0.5, 0.6) is 0 Å². The third-order valence-electron chi connectivity index (χ3n) is 3.19. The molecule has 0 aliphatic carbocycles. The van der Waals surface area contributed by atoms with Gasteiger partial charge >= 0.3 is 6.03 Å². The second-order valence-electron chi connectivity index (χ2n) is 5.15. The number of nitrogens with zero attached hydrogens (tertiary/aromatic N) is 1. The second kappa shape index (κ2) is 6.33. The number of carbonyl (C=O) groups excluding carboxylic acids is 3. The summed E-state index contributed by atoms with van der Waals surface area (Å²) in [5.74, 6) is -0.993. The number of hydrogen-bond acceptors (Lipinski definition) is 4. The number of hydrogen-bond donors (Lipinski definition) is 2. The van der Waals surface area contributed by atoms with E-state index in [0.29, 0.717) is 10.7 Å². The van der Waals surface area contributed by atoms with Crippen molar-refractivity contribution in [2.24, 2.45) is 0 Å². The van der Waals surface area contributed by atoms with Crippen molar-refractivity contribution in [3.8, 4) is 0 Å². The zero-order chi connectivity index (χ0) is 16.3. The molecule has 0 radical (unpaired) electrons. The highest BCUT2D eigenvalue weighted by molar-refractivity contribution is 6.30. The molecule has 1 aromatic carbocycles. The lowest BCUT2D eigenvalue weighted by Crippen LogP contribution is -2.48. The topological polar surface area (TPSA) is 87.7 Å². The van der Waals surface area contributed by atoms with Gasteiger partial charge in [0.15, 0.2) is 0 Å². The van der Waals surface area contributed by atoms with E-state index in [1.807, 2.05) is 0 Å². The largest absolute Gasteiger partial charge is 0.382 e. The molecule has 2 rings (SSSR count). The Morgan fingerprint density at radius 1 is 1.45 bits per heavy atom. The number of imide groups is 1. The number of rotatable bonds is 5. The van der Waals surface area contributed by atoms with Gasteiger partial charge in [0.25, 0.3) is 5.91 Å². The Morgan fingerprint density at radius 3 is 2.82 bits per heavy atom. The lowest BCUT2D eigenvalue weighted by molar-refractivity contribution is -0.134. The first-order valence-electron chi connectivity index (χ1n) is 6.54. The predicted octanol–water partition coefficient (Wildman–Crippen LogP) is 1.24. The van der Waals surface area contributed by atoms with Crippen LogP contribution in [0.4, 0.5) is 10.5 Å². The molecule has 0 bridgehead atoms. The first-order chi connectivity index (χ1) is 10.4. The lowest BCUT2D eigenvalue weighted by atomic mass is 10.0. The standard InChI is InChI=1S/C14H16ClN3O4/c1-14(8-22-2)12(20)18(13(21)17-14)7-11(19)16-10-5-3-4-9(15)6-10/h3-6H,7-8H2,1-2H3,(H,16,19)(H,17,21). The van der Waals surface area contributed by atoms with Gasteiger partial charge in [0.1, 0.15) is 12.1 Å². The smallest absolute Gasteiger partial charge is 0.325 e. The SMILES string of the molecule is COCC1(C)NC(=O)N(CC(=O)Nc2cccc(Cl)c2)C1=O. The average molecular weight is 326 g/mol. The van der Waals surface area contributed by atoms with Crippen LogP contribution in [0.3, 0.4) is 0 Å². The van der Waals surface area contributed by atoms with Crippen molar-refractivity contribution >= 4 is 35.1 Å². The van der Waals surface area contributed by atoms with Crippen molar-refractivity contribution in [1.29, 1.82) is 0 Å². The number of carbonyl (C=O) groups is 3. The van der Waals surface area contributed by atoms with Crippen molar-refractivity contribution in [3.63, 3.8) is 0 Å². The van der Waals surface area contributed by atoms with Crippen molar-refractivity contribution < 1.29 is 19.1 Å². The fourth-order valence-corrected chi connectivity index (χ4v) is 2.38. The number of anilines is 1. The third kappa shape index (κ3) is 3.37. The predicted molar refractivity (Wildman–Crippen MR) is 80.6 cm³/mol. The van der Waals surface area contributed by atoms with Gasteiger partial charge in [-0.1, -0.05) is 17.7 Å². The van der Waals surface area contributed by atoms with Crippen molar-refractivity contribution in [2.45, 2.75) is 12.5 Å². The molecule has 1 unspecified atom stereocenters. The Kier molecular flexibility index (Phi) is 4.68. The van der Waals surface area contributed by atoms with E-state index in [4.69, 9.17) is 16.3 Å². The molecule has 1 atom stereocenters. The van der Waals surface area contributed by atoms with Gasteiger partial charge in [-0.15, -0.1) is 0 Å². The van der Waals surface area contributed by atoms with Gasteiger partial charge in [0.2, 0.25) is 5.91 Å². The molecular weight excluding hydrogens is 310 g/mol. The van der Waals surface area contributed by atoms with E-state index in [1.165, 1.54) is 7.11 Å². The van der Waals surface area contributed by atoms with E-state index < -0.39 is 23.4 Å². The van der Waals surface area contributed by atoms with Crippen molar-refractivity contribution in [2.75, 3.05) is 25.6 Å². The number of ether oxygens (including phenoxy) is 1. The summed E-state index contributed by atoms with van der Waals surface area (Å²) in [5.41, 5.74) is -0.661. The van der Waals surface area contributed by atoms with Gasteiger partial charge in [-0.25, -0.2) is 4.79 Å². The molecule has 1 heterocycles. The summed E-state index contributed by atoms with van der Waals surface area (Å²) in [6.07, 6.45) is 0. The minimum Gasteiger partial charge on any atom is -0.382 e. The Morgan fingerprint density at radius 2 is 2.18 bits per heavy atom. The zero-order valence-electron chi connectivity index (χ0n) is 12.2. The fraction of sp³-hybridized carbons (Fsp3) is 0.357. The number of methoxy groups -OCH3 is 1. The van der Waals surface area contributed by atoms with Crippen LogP contribution in [0.25, 0.3) is 0 Å². The highest BCUT2D eigenvalue weighted by Crippen LogP contribution is 2.18. The molecule has 4 amide bonds. The maximum Gasteiger partial charge on any atom is 0.325 e.